The molecular weight excluding hydrogens is 400 g/mol. The lowest BCUT2D eigenvalue weighted by Gasteiger charge is -2.30. The van der Waals surface area contributed by atoms with Crippen LogP contribution in [0.1, 0.15) is 36.6 Å². The molecule has 1 aliphatic rings. The molecule has 1 aliphatic carbocycles. The van der Waals surface area contributed by atoms with Crippen molar-refractivity contribution < 1.29 is 9.59 Å². The molecule has 30 heavy (non-hydrogen) atoms. The van der Waals surface area contributed by atoms with E-state index in [0.29, 0.717) is 36.2 Å². The number of urea groups is 1. The summed E-state index contributed by atoms with van der Waals surface area (Å²) in [6, 6.07) is -0.303. The number of fused-ring (bicyclic) bond motifs is 1. The number of nitrogens with two attached hydrogens (primary N) is 2. The second-order valence-corrected chi connectivity index (χ2v) is 9.50. The fourth-order valence-corrected chi connectivity index (χ4v) is 5.18. The highest BCUT2D eigenvalue weighted by Crippen LogP contribution is 2.41. The number of nitrogens with one attached hydrogen (secondary N) is 2. The molecule has 3 amide bonds. The average molecular weight is 439 g/mol. The summed E-state index contributed by atoms with van der Waals surface area (Å²) in [7, 11) is 5.82. The predicted molar refractivity (Wildman–Crippen MR) is 125 cm³/mol. The van der Waals surface area contributed by atoms with Crippen molar-refractivity contribution in [3.63, 3.8) is 0 Å². The van der Waals surface area contributed by atoms with Crippen molar-refractivity contribution in [1.82, 2.24) is 20.4 Å². The molecule has 2 rings (SSSR count). The summed E-state index contributed by atoms with van der Waals surface area (Å²) < 4.78 is 0. The van der Waals surface area contributed by atoms with Crippen LogP contribution in [-0.4, -0.2) is 69.1 Å². The van der Waals surface area contributed by atoms with Crippen LogP contribution in [0.3, 0.4) is 0 Å². The largest absolute Gasteiger partial charge is 0.396 e. The van der Waals surface area contributed by atoms with E-state index in [2.05, 4.69) is 15.5 Å². The lowest BCUT2D eigenvalue weighted by Crippen LogP contribution is -2.49. The maximum atomic E-state index is 13.4. The number of hydrogen-bond donors (Lipinski definition) is 4. The molecule has 8 nitrogen and oxygen atoms in total. The third-order valence-corrected chi connectivity index (χ3v) is 6.81. The smallest absolute Gasteiger partial charge is 0.324 e. The highest BCUT2D eigenvalue weighted by atomic mass is 32.1. The Kier molecular flexibility index (Phi) is 9.38. The molecule has 2 atom stereocenters. The van der Waals surface area contributed by atoms with Gasteiger partial charge in [0.1, 0.15) is 5.00 Å². The van der Waals surface area contributed by atoms with Crippen LogP contribution in [0, 0.1) is 11.8 Å². The number of nitrogens with zero attached hydrogens (tertiary/aromatic N) is 2. The molecular formula is C21H38N6O2S. The Morgan fingerprint density at radius 1 is 1.27 bits per heavy atom. The van der Waals surface area contributed by atoms with E-state index in [9.17, 15) is 9.59 Å². The van der Waals surface area contributed by atoms with Gasteiger partial charge >= 0.3 is 6.03 Å². The molecule has 0 radical (unpaired) electrons. The van der Waals surface area contributed by atoms with Crippen LogP contribution in [0.15, 0.2) is 0 Å². The number of nitrogen functional groups attached to an aromatic ring is 2. The van der Waals surface area contributed by atoms with Gasteiger partial charge < -0.3 is 27.0 Å². The number of rotatable bonds is 10. The van der Waals surface area contributed by atoms with E-state index in [1.54, 1.807) is 11.3 Å². The third-order valence-electron chi connectivity index (χ3n) is 5.68. The predicted octanol–water partition coefficient (Wildman–Crippen LogP) is 1.75. The summed E-state index contributed by atoms with van der Waals surface area (Å²) in [5.41, 5.74) is 14.1. The minimum Gasteiger partial charge on any atom is -0.396 e. The van der Waals surface area contributed by atoms with Crippen LogP contribution in [-0.2, 0) is 17.6 Å². The topological polar surface area (TPSA) is 117 Å². The molecule has 0 bridgehead atoms. The van der Waals surface area contributed by atoms with E-state index in [4.69, 9.17) is 11.5 Å². The summed E-state index contributed by atoms with van der Waals surface area (Å²) in [6.45, 7) is 4.16. The van der Waals surface area contributed by atoms with E-state index in [1.165, 1.54) is 9.78 Å². The van der Waals surface area contributed by atoms with Gasteiger partial charge in [-0.2, -0.15) is 0 Å². The lowest BCUT2D eigenvalue weighted by atomic mass is 9.81. The first-order valence-electron chi connectivity index (χ1n) is 10.8. The fraction of sp³-hybridized carbons (Fsp3) is 0.714. The van der Waals surface area contributed by atoms with Gasteiger partial charge in [0.15, 0.2) is 0 Å². The Morgan fingerprint density at radius 2 is 2.00 bits per heavy atom. The van der Waals surface area contributed by atoms with Crippen molar-refractivity contribution in [3.05, 3.63) is 10.4 Å². The van der Waals surface area contributed by atoms with Crippen molar-refractivity contribution in [1.29, 1.82) is 0 Å². The van der Waals surface area contributed by atoms with Crippen LogP contribution in [0.2, 0.25) is 0 Å². The highest BCUT2D eigenvalue weighted by molar-refractivity contribution is 7.16. The first kappa shape index (κ1) is 24.4. The summed E-state index contributed by atoms with van der Waals surface area (Å²) in [4.78, 5) is 30.7. The van der Waals surface area contributed by atoms with Gasteiger partial charge in [0.05, 0.1) is 11.6 Å². The molecule has 0 aliphatic heterocycles. The van der Waals surface area contributed by atoms with Crippen molar-refractivity contribution in [3.8, 4) is 0 Å². The van der Waals surface area contributed by atoms with E-state index in [1.807, 2.05) is 28.1 Å². The molecule has 0 fully saturated rings. The summed E-state index contributed by atoms with van der Waals surface area (Å²) in [6.07, 6.45) is 4.30. The Bertz CT molecular complexity index is 721. The molecule has 1 aromatic rings. The number of amides is 3. The maximum Gasteiger partial charge on any atom is 0.324 e. The van der Waals surface area contributed by atoms with Crippen LogP contribution in [0.25, 0.3) is 0 Å². The van der Waals surface area contributed by atoms with Crippen LogP contribution < -0.4 is 22.1 Å². The molecule has 170 valence electrons. The van der Waals surface area contributed by atoms with E-state index in [-0.39, 0.29) is 17.9 Å². The molecule has 9 heteroatoms. The van der Waals surface area contributed by atoms with Gasteiger partial charge in [0.25, 0.3) is 0 Å². The molecule has 0 spiro atoms. The number of carbonyl (C=O) groups excluding carboxylic acids is 2. The van der Waals surface area contributed by atoms with Gasteiger partial charge in [0, 0.05) is 24.5 Å². The van der Waals surface area contributed by atoms with Crippen LogP contribution >= 0.6 is 11.3 Å². The molecule has 6 N–H and O–H groups in total. The molecule has 0 saturated heterocycles. The monoisotopic (exact) mass is 438 g/mol. The number of anilines is 2. The number of hydrogen-bond acceptors (Lipinski definition) is 7. The van der Waals surface area contributed by atoms with Crippen molar-refractivity contribution in [2.45, 2.75) is 39.0 Å². The highest BCUT2D eigenvalue weighted by Gasteiger charge is 2.32. The molecule has 0 saturated carbocycles. The molecule has 0 aromatic carbocycles. The fourth-order valence-electron chi connectivity index (χ4n) is 4.15. The maximum absolute atomic E-state index is 13.4. The Labute approximate surface area is 184 Å². The first-order valence-corrected chi connectivity index (χ1v) is 11.6. The summed E-state index contributed by atoms with van der Waals surface area (Å²) >= 11 is 1.59. The lowest BCUT2D eigenvalue weighted by molar-refractivity contribution is -0.133. The van der Waals surface area contributed by atoms with Gasteiger partial charge in [-0.1, -0.05) is 0 Å². The Balaban J connectivity index is 2.10. The van der Waals surface area contributed by atoms with E-state index in [0.717, 1.165) is 44.2 Å². The van der Waals surface area contributed by atoms with E-state index < -0.39 is 0 Å². The second-order valence-electron chi connectivity index (χ2n) is 8.36. The summed E-state index contributed by atoms with van der Waals surface area (Å²) in [5.74, 6) is 0.00679. The van der Waals surface area contributed by atoms with Gasteiger partial charge in [-0.3, -0.25) is 9.69 Å². The third kappa shape index (κ3) is 6.33. The van der Waals surface area contributed by atoms with Crippen molar-refractivity contribution >= 4 is 34.0 Å². The number of imide groups is 1. The zero-order chi connectivity index (χ0) is 22.3. The first-order chi connectivity index (χ1) is 14.3. The molecule has 1 heterocycles. The van der Waals surface area contributed by atoms with Gasteiger partial charge in [-0.25, -0.2) is 4.79 Å². The van der Waals surface area contributed by atoms with Crippen molar-refractivity contribution in [2.24, 2.45) is 11.8 Å². The number of thiophene rings is 1. The molecule has 0 unspecified atom stereocenters. The van der Waals surface area contributed by atoms with Crippen LogP contribution in [0.4, 0.5) is 15.5 Å². The van der Waals surface area contributed by atoms with Gasteiger partial charge in [-0.05, 0) is 78.2 Å². The van der Waals surface area contributed by atoms with Gasteiger partial charge in [0.2, 0.25) is 5.91 Å². The van der Waals surface area contributed by atoms with Crippen LogP contribution in [0.5, 0.6) is 0 Å². The van der Waals surface area contributed by atoms with Crippen molar-refractivity contribution in [2.75, 3.05) is 58.8 Å². The normalized spacial score (nSPS) is 16.9. The number of carbonyl (C=O) groups is 2. The SMILES string of the molecule is CCNC(=O)N(CCCN(C)C)C(=O)[C@@H](CNC)C[C@H]1CCc2sc(N)c(N)c2C1. The summed E-state index contributed by atoms with van der Waals surface area (Å²) in [5, 5.41) is 6.64. The quantitative estimate of drug-likeness (QED) is 0.442. The van der Waals surface area contributed by atoms with E-state index >= 15 is 0 Å². The zero-order valence-electron chi connectivity index (χ0n) is 18.8. The second kappa shape index (κ2) is 11.5. The minimum atomic E-state index is -0.303. The Morgan fingerprint density at radius 3 is 2.63 bits per heavy atom. The zero-order valence-corrected chi connectivity index (χ0v) is 19.6. The standard InChI is InChI=1S/C21H38N6O2S/c1-5-25-21(29)27(10-6-9-26(3)4)20(28)15(13-24-2)11-14-7-8-17-16(12-14)18(22)19(23)30-17/h14-15,24H,5-13,22-23H2,1-4H3,(H,25,29)/t14-,15-/m1/s1. The molecule has 1 aromatic heterocycles. The van der Waals surface area contributed by atoms with Gasteiger partial charge in [-0.15, -0.1) is 11.3 Å². The average Bonchev–Trinajstić information content (AvgIpc) is 2.98. The minimum absolute atomic E-state index is 0.0994. The number of aryl methyl sites for hydroxylation is 1. The Hall–Kier alpha value is -1.84.